The molecular formula is C14H30N2O2Si. The lowest BCUT2D eigenvalue weighted by Gasteiger charge is -2.49. The van der Waals surface area contributed by atoms with Crippen LogP contribution in [0.2, 0.25) is 13.1 Å². The minimum absolute atomic E-state index is 0.100. The zero-order valence-corrected chi connectivity index (χ0v) is 14.6. The first kappa shape index (κ1) is 16.7. The Morgan fingerprint density at radius 2 is 1.95 bits per heavy atom. The Morgan fingerprint density at radius 3 is 2.42 bits per heavy atom. The van der Waals surface area contributed by atoms with Gasteiger partial charge in [0.2, 0.25) is 0 Å². The highest BCUT2D eigenvalue weighted by Crippen LogP contribution is 2.22. The molecule has 0 amide bonds. The van der Waals surface area contributed by atoms with Gasteiger partial charge in [-0.05, 0) is 20.8 Å². The van der Waals surface area contributed by atoms with Gasteiger partial charge in [-0.15, -0.1) is 0 Å². The van der Waals surface area contributed by atoms with Crippen molar-refractivity contribution in [3.05, 3.63) is 0 Å². The van der Waals surface area contributed by atoms with Gasteiger partial charge in [0.1, 0.15) is 0 Å². The zero-order chi connectivity index (χ0) is 14.6. The van der Waals surface area contributed by atoms with Crippen molar-refractivity contribution in [1.82, 2.24) is 9.80 Å². The summed E-state index contributed by atoms with van der Waals surface area (Å²) >= 11 is 0. The van der Waals surface area contributed by atoms with E-state index in [2.05, 4.69) is 43.7 Å². The lowest BCUT2D eigenvalue weighted by Crippen LogP contribution is -2.63. The van der Waals surface area contributed by atoms with Crippen LogP contribution >= 0.6 is 0 Å². The Hall–Kier alpha value is -0.393. The molecule has 4 nitrogen and oxygen atoms in total. The van der Waals surface area contributed by atoms with Crippen molar-refractivity contribution in [3.8, 4) is 0 Å². The van der Waals surface area contributed by atoms with E-state index in [0.29, 0.717) is 12.1 Å². The van der Waals surface area contributed by atoms with Crippen molar-refractivity contribution in [2.24, 2.45) is 0 Å². The molecule has 1 rings (SSSR count). The van der Waals surface area contributed by atoms with Gasteiger partial charge < -0.3 is 9.64 Å². The van der Waals surface area contributed by atoms with Crippen molar-refractivity contribution >= 4 is 14.8 Å². The molecular weight excluding hydrogens is 256 g/mol. The van der Waals surface area contributed by atoms with Crippen molar-refractivity contribution in [3.63, 3.8) is 0 Å². The third-order valence-electron chi connectivity index (χ3n) is 3.99. The highest BCUT2D eigenvalue weighted by atomic mass is 28.3. The summed E-state index contributed by atoms with van der Waals surface area (Å²) < 4.78 is 4.72. The second-order valence-corrected chi connectivity index (χ2v) is 10.1. The molecule has 0 aliphatic carbocycles. The topological polar surface area (TPSA) is 32.8 Å². The van der Waals surface area contributed by atoms with Gasteiger partial charge in [0.25, 0.3) is 0 Å². The van der Waals surface area contributed by atoms with Crippen LogP contribution in [0.1, 0.15) is 27.2 Å². The molecule has 0 radical (unpaired) electrons. The lowest BCUT2D eigenvalue weighted by atomic mass is 10.0. The van der Waals surface area contributed by atoms with E-state index in [4.69, 9.17) is 4.74 Å². The van der Waals surface area contributed by atoms with Crippen LogP contribution < -0.4 is 0 Å². The maximum atomic E-state index is 11.2. The Labute approximate surface area is 119 Å². The highest BCUT2D eigenvalue weighted by Gasteiger charge is 2.35. The number of methoxy groups -OCH3 is 1. The summed E-state index contributed by atoms with van der Waals surface area (Å²) in [5, 5.41) is 0. The van der Waals surface area contributed by atoms with Crippen molar-refractivity contribution in [1.29, 1.82) is 0 Å². The highest BCUT2D eigenvalue weighted by molar-refractivity contribution is 6.57. The molecule has 1 aliphatic rings. The van der Waals surface area contributed by atoms with Gasteiger partial charge in [0.05, 0.1) is 22.3 Å². The Bertz CT molecular complexity index is 302. The minimum Gasteiger partial charge on any atom is -0.469 e. The van der Waals surface area contributed by atoms with Crippen LogP contribution in [0.4, 0.5) is 0 Å². The quantitative estimate of drug-likeness (QED) is 0.577. The number of carbonyl (C=O) groups is 1. The van der Waals surface area contributed by atoms with Crippen LogP contribution in [0.3, 0.4) is 0 Å². The van der Waals surface area contributed by atoms with Crippen molar-refractivity contribution in [2.75, 3.05) is 33.3 Å². The Kier molecular flexibility index (Phi) is 6.01. The second kappa shape index (κ2) is 6.86. The smallest absolute Gasteiger partial charge is 0.306 e. The average Bonchev–Trinajstić information content (AvgIpc) is 2.34. The van der Waals surface area contributed by atoms with Crippen LogP contribution in [-0.4, -0.2) is 69.1 Å². The number of nitrogens with zero attached hydrogens (tertiary/aromatic N) is 2. The summed E-state index contributed by atoms with van der Waals surface area (Å²) in [6.45, 7) is 15.9. The monoisotopic (exact) mass is 286 g/mol. The molecule has 1 unspecified atom stereocenters. The van der Waals surface area contributed by atoms with Crippen LogP contribution in [0.25, 0.3) is 0 Å². The number of hydrogen-bond acceptors (Lipinski definition) is 4. The van der Waals surface area contributed by atoms with Crippen LogP contribution in [0.5, 0.6) is 0 Å². The first-order valence-corrected chi connectivity index (χ1v) is 10.3. The first-order chi connectivity index (χ1) is 8.75. The van der Waals surface area contributed by atoms with E-state index in [-0.39, 0.29) is 11.5 Å². The SMILES string of the molecule is COC(=O)CCN1CCN(C(C)(C)C)C([SiH](C)C)C1. The van der Waals surface area contributed by atoms with E-state index in [9.17, 15) is 4.79 Å². The molecule has 0 spiro atoms. The van der Waals surface area contributed by atoms with Crippen LogP contribution in [0.15, 0.2) is 0 Å². The van der Waals surface area contributed by atoms with Gasteiger partial charge in [-0.3, -0.25) is 9.69 Å². The fourth-order valence-corrected chi connectivity index (χ4v) is 4.86. The third kappa shape index (κ3) is 4.89. The number of esters is 1. The minimum atomic E-state index is -0.737. The molecule has 0 N–H and O–H groups in total. The lowest BCUT2D eigenvalue weighted by molar-refractivity contribution is -0.141. The van der Waals surface area contributed by atoms with E-state index in [1.165, 1.54) is 7.11 Å². The molecule has 1 saturated heterocycles. The largest absolute Gasteiger partial charge is 0.469 e. The van der Waals surface area contributed by atoms with Crippen molar-refractivity contribution < 1.29 is 9.53 Å². The van der Waals surface area contributed by atoms with E-state index in [1.807, 2.05) is 0 Å². The summed E-state index contributed by atoms with van der Waals surface area (Å²) in [4.78, 5) is 16.3. The normalized spacial score (nSPS) is 22.8. The van der Waals surface area contributed by atoms with Gasteiger partial charge in [0, 0.05) is 37.4 Å². The molecule has 19 heavy (non-hydrogen) atoms. The van der Waals surface area contributed by atoms with E-state index in [0.717, 1.165) is 26.2 Å². The Balaban J connectivity index is 2.59. The molecule has 1 fully saturated rings. The van der Waals surface area contributed by atoms with Gasteiger partial charge in [-0.25, -0.2) is 0 Å². The molecule has 0 aromatic heterocycles. The number of carbonyl (C=O) groups excluding carboxylic acids is 1. The molecule has 1 heterocycles. The summed E-state index contributed by atoms with van der Waals surface area (Å²) in [5.41, 5.74) is 0.947. The number of piperazine rings is 1. The predicted molar refractivity (Wildman–Crippen MR) is 82.2 cm³/mol. The maximum absolute atomic E-state index is 11.2. The molecule has 1 atom stereocenters. The van der Waals surface area contributed by atoms with E-state index < -0.39 is 8.80 Å². The summed E-state index contributed by atoms with van der Waals surface area (Å²) in [6, 6.07) is 0. The van der Waals surface area contributed by atoms with Gasteiger partial charge in [-0.1, -0.05) is 13.1 Å². The molecule has 0 aromatic carbocycles. The van der Waals surface area contributed by atoms with E-state index >= 15 is 0 Å². The molecule has 5 heteroatoms. The first-order valence-electron chi connectivity index (χ1n) is 7.31. The van der Waals surface area contributed by atoms with Crippen LogP contribution in [-0.2, 0) is 9.53 Å². The summed E-state index contributed by atoms with van der Waals surface area (Å²) in [6.07, 6.45) is 0.512. The van der Waals surface area contributed by atoms with Crippen LogP contribution in [0, 0.1) is 0 Å². The van der Waals surface area contributed by atoms with Gasteiger partial charge >= 0.3 is 5.97 Å². The number of rotatable bonds is 4. The molecule has 0 saturated carbocycles. The molecule has 0 aromatic rings. The average molecular weight is 286 g/mol. The molecule has 0 bridgehead atoms. The number of hydrogen-bond donors (Lipinski definition) is 0. The molecule has 1 aliphatic heterocycles. The van der Waals surface area contributed by atoms with Crippen molar-refractivity contribution in [2.45, 2.75) is 51.5 Å². The summed E-state index contributed by atoms with van der Waals surface area (Å²) in [5.74, 6) is -0.100. The van der Waals surface area contributed by atoms with Gasteiger partial charge in [0.15, 0.2) is 0 Å². The van der Waals surface area contributed by atoms with E-state index in [1.54, 1.807) is 0 Å². The standard InChI is InChI=1S/C14H30N2O2Si/c1-14(2,3)16-10-9-15(8-7-13(17)18-4)11-12(16)19(5)6/h12,19H,7-11H2,1-6H3. The number of ether oxygens (including phenoxy) is 1. The fourth-order valence-electron chi connectivity index (χ4n) is 2.83. The third-order valence-corrected chi connectivity index (χ3v) is 6.10. The second-order valence-electron chi connectivity index (χ2n) is 6.80. The van der Waals surface area contributed by atoms with Gasteiger partial charge in [-0.2, -0.15) is 0 Å². The maximum Gasteiger partial charge on any atom is 0.306 e. The Morgan fingerprint density at radius 1 is 1.32 bits per heavy atom. The predicted octanol–water partition coefficient (Wildman–Crippen LogP) is 1.36. The summed E-state index contributed by atoms with van der Waals surface area (Å²) in [7, 11) is 0.725. The fraction of sp³-hybridized carbons (Fsp3) is 0.929. The molecule has 112 valence electrons. The zero-order valence-electron chi connectivity index (χ0n) is 13.4.